The van der Waals surface area contributed by atoms with Crippen LogP contribution in [0, 0.1) is 0 Å². The highest BCUT2D eigenvalue weighted by atomic mass is 79.9. The minimum atomic E-state index is 0.309. The Labute approximate surface area is 103 Å². The third-order valence-corrected chi connectivity index (χ3v) is 3.11. The van der Waals surface area contributed by atoms with Crippen LogP contribution in [0.2, 0.25) is 0 Å². The number of benzene rings is 1. The van der Waals surface area contributed by atoms with Gasteiger partial charge in [-0.1, -0.05) is 6.07 Å². The minimum absolute atomic E-state index is 0.309. The van der Waals surface area contributed by atoms with Crippen molar-refractivity contribution in [2.24, 2.45) is 0 Å². The second kappa shape index (κ2) is 4.25. The quantitative estimate of drug-likeness (QED) is 0.861. The maximum Gasteiger partial charge on any atom is 0.166 e. The van der Waals surface area contributed by atoms with Crippen molar-refractivity contribution in [3.63, 3.8) is 0 Å². The highest BCUT2D eigenvalue weighted by Crippen LogP contribution is 2.31. The number of rotatable bonds is 2. The molecule has 0 saturated carbocycles. The maximum absolute atomic E-state index is 6.01. The summed E-state index contributed by atoms with van der Waals surface area (Å²) in [4.78, 5) is 0. The average Bonchev–Trinajstić information content (AvgIpc) is 2.70. The largest absolute Gasteiger partial charge is 0.397 e. The van der Waals surface area contributed by atoms with E-state index in [-0.39, 0.29) is 0 Å². The normalized spacial score (nSPS) is 11.0. The number of para-hydroxylation sites is 1. The fourth-order valence-corrected chi connectivity index (χ4v) is 1.91. The summed E-state index contributed by atoms with van der Waals surface area (Å²) in [5.41, 5.74) is 7.61. The lowest BCUT2D eigenvalue weighted by molar-refractivity contribution is 0.604. The topological polar surface area (TPSA) is 56.7 Å². The third-order valence-electron chi connectivity index (χ3n) is 2.42. The van der Waals surface area contributed by atoms with Crippen molar-refractivity contribution >= 4 is 21.6 Å². The van der Waals surface area contributed by atoms with Crippen LogP contribution in [0.4, 0.5) is 5.69 Å². The molecule has 1 aromatic carbocycles. The molecule has 2 N–H and O–H groups in total. The van der Waals surface area contributed by atoms with E-state index in [4.69, 9.17) is 5.73 Å². The lowest BCUT2D eigenvalue weighted by atomic mass is 10.1. The van der Waals surface area contributed by atoms with Crippen molar-refractivity contribution in [3.8, 4) is 11.4 Å². The summed E-state index contributed by atoms with van der Waals surface area (Å²) < 4.78 is 2.88. The molecule has 5 heteroatoms. The van der Waals surface area contributed by atoms with Gasteiger partial charge in [-0.05, 0) is 41.9 Å². The van der Waals surface area contributed by atoms with Crippen LogP contribution >= 0.6 is 15.9 Å². The fourth-order valence-electron chi connectivity index (χ4n) is 1.55. The van der Waals surface area contributed by atoms with E-state index < -0.39 is 0 Å². The van der Waals surface area contributed by atoms with Crippen LogP contribution in [0.3, 0.4) is 0 Å². The molecule has 0 radical (unpaired) electrons. The number of hydrogen-bond acceptors (Lipinski definition) is 3. The molecule has 1 heterocycles. The molecule has 0 aliphatic heterocycles. The van der Waals surface area contributed by atoms with Crippen molar-refractivity contribution in [1.82, 2.24) is 14.8 Å². The minimum Gasteiger partial charge on any atom is -0.397 e. The van der Waals surface area contributed by atoms with E-state index in [1.807, 2.05) is 22.8 Å². The molecule has 0 aliphatic carbocycles. The fraction of sp³-hybridized carbons (Fsp3) is 0.273. The van der Waals surface area contributed by atoms with Crippen molar-refractivity contribution < 1.29 is 0 Å². The number of nitrogens with zero attached hydrogens (tertiary/aromatic N) is 3. The van der Waals surface area contributed by atoms with Gasteiger partial charge in [-0.2, -0.15) is 0 Å². The van der Waals surface area contributed by atoms with E-state index in [9.17, 15) is 0 Å². The molecule has 0 atom stereocenters. The Balaban J connectivity index is 2.59. The van der Waals surface area contributed by atoms with Gasteiger partial charge in [0, 0.05) is 16.1 Å². The first-order chi connectivity index (χ1) is 7.61. The molecule has 0 unspecified atom stereocenters. The molecule has 0 spiro atoms. The van der Waals surface area contributed by atoms with Crippen molar-refractivity contribution in [2.75, 3.05) is 5.73 Å². The Hall–Kier alpha value is -1.36. The second-order valence-corrected chi connectivity index (χ2v) is 4.71. The van der Waals surface area contributed by atoms with Gasteiger partial charge in [0.2, 0.25) is 0 Å². The summed E-state index contributed by atoms with van der Waals surface area (Å²) in [5, 5.41) is 8.05. The van der Waals surface area contributed by atoms with Gasteiger partial charge in [0.25, 0.3) is 0 Å². The predicted molar refractivity (Wildman–Crippen MR) is 68.0 cm³/mol. The van der Waals surface area contributed by atoms with E-state index in [0.29, 0.717) is 11.7 Å². The van der Waals surface area contributed by atoms with Crippen molar-refractivity contribution in [1.29, 1.82) is 0 Å². The zero-order chi connectivity index (χ0) is 11.7. The SMILES string of the molecule is CC(C)n1cnnc1-c1cccc(Br)c1N. The Morgan fingerprint density at radius 1 is 1.38 bits per heavy atom. The van der Waals surface area contributed by atoms with Crippen molar-refractivity contribution in [2.45, 2.75) is 19.9 Å². The summed E-state index contributed by atoms with van der Waals surface area (Å²) in [6, 6.07) is 6.11. The van der Waals surface area contributed by atoms with E-state index in [1.165, 1.54) is 0 Å². The summed E-state index contributed by atoms with van der Waals surface area (Å²) in [7, 11) is 0. The monoisotopic (exact) mass is 280 g/mol. The van der Waals surface area contributed by atoms with E-state index in [0.717, 1.165) is 15.9 Å². The molecule has 0 saturated heterocycles. The van der Waals surface area contributed by atoms with Gasteiger partial charge in [0.05, 0.1) is 5.69 Å². The average molecular weight is 281 g/mol. The molecule has 1 aromatic heterocycles. The van der Waals surface area contributed by atoms with Gasteiger partial charge in [-0.3, -0.25) is 0 Å². The van der Waals surface area contributed by atoms with Crippen LogP contribution in [0.25, 0.3) is 11.4 Å². The first-order valence-electron chi connectivity index (χ1n) is 5.05. The highest BCUT2D eigenvalue weighted by Gasteiger charge is 2.13. The van der Waals surface area contributed by atoms with E-state index >= 15 is 0 Å². The van der Waals surface area contributed by atoms with Crippen LogP contribution in [0.5, 0.6) is 0 Å². The number of halogens is 1. The van der Waals surface area contributed by atoms with Crippen LogP contribution in [-0.4, -0.2) is 14.8 Å². The molecule has 2 aromatic rings. The van der Waals surface area contributed by atoms with Crippen LogP contribution in [0.15, 0.2) is 29.0 Å². The lowest BCUT2D eigenvalue weighted by Gasteiger charge is -2.12. The molecule has 0 fully saturated rings. The van der Waals surface area contributed by atoms with Crippen LogP contribution < -0.4 is 5.73 Å². The highest BCUT2D eigenvalue weighted by molar-refractivity contribution is 9.10. The van der Waals surface area contributed by atoms with Crippen molar-refractivity contribution in [3.05, 3.63) is 29.0 Å². The Morgan fingerprint density at radius 3 is 2.81 bits per heavy atom. The molecular formula is C11H13BrN4. The molecule has 2 rings (SSSR count). The Kier molecular flexibility index (Phi) is 2.96. The van der Waals surface area contributed by atoms with Crippen LogP contribution in [0.1, 0.15) is 19.9 Å². The lowest BCUT2D eigenvalue weighted by Crippen LogP contribution is -2.03. The van der Waals surface area contributed by atoms with Gasteiger partial charge in [-0.25, -0.2) is 0 Å². The molecule has 4 nitrogen and oxygen atoms in total. The summed E-state index contributed by atoms with van der Waals surface area (Å²) >= 11 is 3.41. The molecule has 0 bridgehead atoms. The zero-order valence-electron chi connectivity index (χ0n) is 9.18. The maximum atomic E-state index is 6.01. The van der Waals surface area contributed by atoms with E-state index in [2.05, 4.69) is 40.0 Å². The second-order valence-electron chi connectivity index (χ2n) is 3.86. The van der Waals surface area contributed by atoms with Gasteiger partial charge in [-0.15, -0.1) is 10.2 Å². The number of nitrogen functional groups attached to an aromatic ring is 1. The smallest absolute Gasteiger partial charge is 0.166 e. The predicted octanol–water partition coefficient (Wildman–Crippen LogP) is 2.87. The molecule has 84 valence electrons. The number of hydrogen-bond donors (Lipinski definition) is 1. The standard InChI is InChI=1S/C11H13BrN4/c1-7(2)16-6-14-15-11(16)8-4-3-5-9(12)10(8)13/h3-7H,13H2,1-2H3. The van der Waals surface area contributed by atoms with Gasteiger partial charge >= 0.3 is 0 Å². The number of aromatic nitrogens is 3. The van der Waals surface area contributed by atoms with Crippen LogP contribution in [-0.2, 0) is 0 Å². The van der Waals surface area contributed by atoms with Gasteiger partial charge < -0.3 is 10.3 Å². The summed E-state index contributed by atoms with van der Waals surface area (Å²) in [6.45, 7) is 4.17. The Bertz CT molecular complexity index is 504. The number of anilines is 1. The Morgan fingerprint density at radius 2 is 2.12 bits per heavy atom. The summed E-state index contributed by atoms with van der Waals surface area (Å²) in [5.74, 6) is 0.800. The first-order valence-corrected chi connectivity index (χ1v) is 5.84. The van der Waals surface area contributed by atoms with Gasteiger partial charge in [0.15, 0.2) is 5.82 Å². The first kappa shape index (κ1) is 11.1. The molecule has 0 amide bonds. The van der Waals surface area contributed by atoms with Gasteiger partial charge in [0.1, 0.15) is 6.33 Å². The number of nitrogens with two attached hydrogens (primary N) is 1. The molecule has 16 heavy (non-hydrogen) atoms. The molecular weight excluding hydrogens is 268 g/mol. The zero-order valence-corrected chi connectivity index (χ0v) is 10.8. The third kappa shape index (κ3) is 1.82. The summed E-state index contributed by atoms with van der Waals surface area (Å²) in [6.07, 6.45) is 1.72. The molecule has 0 aliphatic rings. The van der Waals surface area contributed by atoms with E-state index in [1.54, 1.807) is 6.33 Å².